The Hall–Kier alpha value is -4.26. The average molecular weight is 552 g/mol. The molecule has 3 aromatic carbocycles. The van der Waals surface area contributed by atoms with Crippen LogP contribution in [0.15, 0.2) is 84.8 Å². The van der Waals surface area contributed by atoms with Crippen LogP contribution in [-0.4, -0.2) is 23.9 Å². The SMILES string of the molecule is BC(Nc1cc(Cl)c2ncc(C#N)c(N[C@H](C)c3ccccc3)c2c1)(C1=CN(C2CC2)NN1)c1ccc(F)cc1. The zero-order valence-corrected chi connectivity index (χ0v) is 22.9. The fourth-order valence-corrected chi connectivity index (χ4v) is 5.38. The van der Waals surface area contributed by atoms with E-state index >= 15 is 0 Å². The molecule has 1 saturated carbocycles. The van der Waals surface area contributed by atoms with Gasteiger partial charge in [0.2, 0.25) is 0 Å². The van der Waals surface area contributed by atoms with Gasteiger partial charge in [0, 0.05) is 35.6 Å². The van der Waals surface area contributed by atoms with E-state index in [1.165, 1.54) is 12.1 Å². The van der Waals surface area contributed by atoms with E-state index in [2.05, 4.69) is 50.8 Å². The third-order valence-electron chi connectivity index (χ3n) is 7.59. The van der Waals surface area contributed by atoms with E-state index in [0.29, 0.717) is 27.8 Å². The van der Waals surface area contributed by atoms with Crippen LogP contribution in [0.4, 0.5) is 15.8 Å². The normalized spacial score (nSPS) is 16.9. The lowest BCUT2D eigenvalue weighted by Crippen LogP contribution is -2.45. The maximum Gasteiger partial charge on any atom is 0.148 e. The number of rotatable bonds is 8. The molecule has 6 rings (SSSR count). The standard InChI is InChI=1S/C30H28BClFN7/c1-18(19-5-3-2-4-6-19)36-28-20(15-34)16-35-29-25(28)13-23(14-26(29)32)37-30(31,21-7-9-22(33)10-8-21)27-17-40(39-38-27)24-11-12-24/h2-10,13-14,16-18,24,37-39H,11-12,31H2,1H3,(H,35,36)/t18-,30?/m1/s1. The van der Waals surface area contributed by atoms with E-state index in [0.717, 1.165) is 40.7 Å². The summed E-state index contributed by atoms with van der Waals surface area (Å²) in [4.78, 5) is 4.51. The molecule has 7 nitrogen and oxygen atoms in total. The zero-order chi connectivity index (χ0) is 27.9. The number of halogens is 2. The van der Waals surface area contributed by atoms with Gasteiger partial charge >= 0.3 is 0 Å². The summed E-state index contributed by atoms with van der Waals surface area (Å²) in [5, 5.41) is 20.4. The van der Waals surface area contributed by atoms with Gasteiger partial charge in [-0.3, -0.25) is 9.99 Å². The molecular weight excluding hydrogens is 524 g/mol. The topological polar surface area (TPSA) is 88.0 Å². The third-order valence-corrected chi connectivity index (χ3v) is 7.88. The molecule has 0 bridgehead atoms. The highest BCUT2D eigenvalue weighted by Crippen LogP contribution is 2.39. The number of nitrogens with zero attached hydrogens (tertiary/aromatic N) is 3. The van der Waals surface area contributed by atoms with E-state index in [1.807, 2.05) is 50.3 Å². The van der Waals surface area contributed by atoms with Crippen LogP contribution in [0.2, 0.25) is 5.02 Å². The van der Waals surface area contributed by atoms with Crippen molar-refractivity contribution < 1.29 is 4.39 Å². The number of aromatic nitrogens is 1. The summed E-state index contributed by atoms with van der Waals surface area (Å²) in [6.07, 6.45) is 5.87. The highest BCUT2D eigenvalue weighted by molar-refractivity contribution is 6.36. The van der Waals surface area contributed by atoms with E-state index in [1.54, 1.807) is 18.3 Å². The van der Waals surface area contributed by atoms with Crippen LogP contribution in [0.5, 0.6) is 0 Å². The number of fused-ring (bicyclic) bond motifs is 1. The molecule has 1 aliphatic carbocycles. The fourth-order valence-electron chi connectivity index (χ4n) is 5.11. The predicted octanol–water partition coefficient (Wildman–Crippen LogP) is 5.30. The Balaban J connectivity index is 1.43. The lowest BCUT2D eigenvalue weighted by Gasteiger charge is -2.34. The van der Waals surface area contributed by atoms with Gasteiger partial charge in [0.05, 0.1) is 32.9 Å². The third kappa shape index (κ3) is 4.92. The van der Waals surface area contributed by atoms with E-state index in [9.17, 15) is 9.65 Å². The molecule has 10 heteroatoms. The molecule has 2 atom stereocenters. The van der Waals surface area contributed by atoms with Gasteiger partial charge in [-0.1, -0.05) is 54.1 Å². The van der Waals surface area contributed by atoms with E-state index < -0.39 is 5.44 Å². The lowest BCUT2D eigenvalue weighted by molar-refractivity contribution is 0.260. The summed E-state index contributed by atoms with van der Waals surface area (Å²) in [6, 6.07) is 23.0. The van der Waals surface area contributed by atoms with Gasteiger partial charge in [0.15, 0.2) is 0 Å². The molecule has 0 saturated heterocycles. The minimum absolute atomic E-state index is 0.0638. The van der Waals surface area contributed by atoms with E-state index in [4.69, 9.17) is 11.6 Å². The van der Waals surface area contributed by atoms with Gasteiger partial charge in [0.1, 0.15) is 19.7 Å². The minimum Gasteiger partial charge on any atom is -0.378 e. The molecule has 2 aliphatic rings. The van der Waals surface area contributed by atoms with Crippen LogP contribution in [0.25, 0.3) is 10.9 Å². The Labute approximate surface area is 238 Å². The minimum atomic E-state index is -0.771. The van der Waals surface area contributed by atoms with Crippen LogP contribution in [0, 0.1) is 17.1 Å². The number of anilines is 2. The molecule has 4 aromatic rings. The van der Waals surface area contributed by atoms with Crippen molar-refractivity contribution in [1.29, 1.82) is 5.26 Å². The first kappa shape index (κ1) is 26.0. The number of hydrazine groups is 2. The number of benzene rings is 3. The quantitative estimate of drug-likeness (QED) is 0.221. The second-order valence-electron chi connectivity index (χ2n) is 10.5. The summed E-state index contributed by atoms with van der Waals surface area (Å²) in [5.74, 6) is -0.302. The van der Waals surface area contributed by atoms with Gasteiger partial charge in [-0.05, 0) is 55.2 Å². The van der Waals surface area contributed by atoms with Crippen LogP contribution >= 0.6 is 11.6 Å². The molecule has 1 fully saturated rings. The zero-order valence-electron chi connectivity index (χ0n) is 22.2. The summed E-state index contributed by atoms with van der Waals surface area (Å²) in [7, 11) is 2.04. The number of nitrogens with one attached hydrogen (secondary N) is 4. The average Bonchev–Trinajstić information content (AvgIpc) is 3.69. The molecule has 1 aliphatic heterocycles. The van der Waals surface area contributed by atoms with Crippen LogP contribution in [0.3, 0.4) is 0 Å². The van der Waals surface area contributed by atoms with Crippen LogP contribution < -0.4 is 21.6 Å². The maximum atomic E-state index is 13.9. The van der Waals surface area contributed by atoms with Crippen molar-refractivity contribution in [3.63, 3.8) is 0 Å². The molecule has 4 N–H and O–H groups in total. The highest BCUT2D eigenvalue weighted by atomic mass is 35.5. The molecule has 200 valence electrons. The molecule has 0 amide bonds. The summed E-state index contributed by atoms with van der Waals surface area (Å²) in [6.45, 7) is 2.05. The molecule has 0 radical (unpaired) electrons. The van der Waals surface area contributed by atoms with Gasteiger partial charge in [-0.25, -0.2) is 4.39 Å². The first-order chi connectivity index (χ1) is 19.4. The second kappa shape index (κ2) is 10.4. The van der Waals surface area contributed by atoms with Gasteiger partial charge in [0.25, 0.3) is 0 Å². The lowest BCUT2D eigenvalue weighted by atomic mass is 9.69. The molecule has 1 unspecified atom stereocenters. The first-order valence-corrected chi connectivity index (χ1v) is 13.6. The molecule has 2 heterocycles. The molecule has 1 aromatic heterocycles. The Morgan fingerprint density at radius 3 is 2.62 bits per heavy atom. The first-order valence-electron chi connectivity index (χ1n) is 13.3. The van der Waals surface area contributed by atoms with Crippen LogP contribution in [-0.2, 0) is 5.44 Å². The number of hydrogen-bond donors (Lipinski definition) is 4. The second-order valence-corrected chi connectivity index (χ2v) is 10.9. The van der Waals surface area contributed by atoms with Gasteiger partial charge < -0.3 is 16.1 Å². The molecule has 40 heavy (non-hydrogen) atoms. The monoisotopic (exact) mass is 551 g/mol. The highest BCUT2D eigenvalue weighted by Gasteiger charge is 2.38. The van der Waals surface area contributed by atoms with Gasteiger partial charge in [-0.15, -0.1) is 5.53 Å². The van der Waals surface area contributed by atoms with Crippen molar-refractivity contribution in [1.82, 2.24) is 21.0 Å². The van der Waals surface area contributed by atoms with Crippen molar-refractivity contribution in [3.05, 3.63) is 112 Å². The fraction of sp³-hybridized carbons (Fsp3) is 0.200. The predicted molar refractivity (Wildman–Crippen MR) is 159 cm³/mol. The Kier molecular flexibility index (Phi) is 6.74. The Bertz CT molecular complexity index is 1640. The van der Waals surface area contributed by atoms with Crippen molar-refractivity contribution in [3.8, 4) is 6.07 Å². The van der Waals surface area contributed by atoms with Crippen LogP contribution in [0.1, 0.15) is 42.5 Å². The van der Waals surface area contributed by atoms with E-state index in [-0.39, 0.29) is 11.9 Å². The van der Waals surface area contributed by atoms with Crippen molar-refractivity contribution >= 4 is 41.7 Å². The largest absolute Gasteiger partial charge is 0.378 e. The summed E-state index contributed by atoms with van der Waals surface area (Å²) in [5.41, 5.74) is 11.0. The van der Waals surface area contributed by atoms with Crippen molar-refractivity contribution in [2.75, 3.05) is 10.6 Å². The Morgan fingerprint density at radius 1 is 1.18 bits per heavy atom. The Morgan fingerprint density at radius 2 is 1.93 bits per heavy atom. The summed E-state index contributed by atoms with van der Waals surface area (Å²) < 4.78 is 13.9. The number of hydrogen-bond acceptors (Lipinski definition) is 7. The molecule has 0 spiro atoms. The number of nitriles is 1. The number of pyridine rings is 1. The smallest absolute Gasteiger partial charge is 0.148 e. The summed E-state index contributed by atoms with van der Waals surface area (Å²) >= 11 is 6.80. The maximum absolute atomic E-state index is 13.9. The molecular formula is C30H28BClFN7. The van der Waals surface area contributed by atoms with Crippen molar-refractivity contribution in [2.24, 2.45) is 0 Å². The van der Waals surface area contributed by atoms with Gasteiger partial charge in [-0.2, -0.15) is 5.26 Å². The van der Waals surface area contributed by atoms with Crippen molar-refractivity contribution in [2.45, 2.75) is 37.3 Å².